The molecule has 1 aliphatic rings. The molecule has 2 heterocycles. The summed E-state index contributed by atoms with van der Waals surface area (Å²) in [6.07, 6.45) is 5.00. The van der Waals surface area contributed by atoms with Crippen molar-refractivity contribution < 1.29 is 18.8 Å². The molecule has 3 rings (SSSR count). The van der Waals surface area contributed by atoms with Crippen LogP contribution in [0.25, 0.3) is 6.08 Å². The van der Waals surface area contributed by atoms with Gasteiger partial charge in [-0.25, -0.2) is 4.39 Å². The molecule has 1 N–H and O–H groups in total. The van der Waals surface area contributed by atoms with Crippen LogP contribution in [0.2, 0.25) is 0 Å². The third-order valence-corrected chi connectivity index (χ3v) is 5.83. The smallest absolute Gasteiger partial charge is 0.293 e. The number of carbonyl (C=O) groups excluding carboxylic acids is 3. The molecule has 2 aromatic rings. The molecule has 0 radical (unpaired) electrons. The van der Waals surface area contributed by atoms with Crippen LogP contribution in [0.4, 0.5) is 9.18 Å². The molecule has 1 aromatic heterocycles. The largest absolute Gasteiger partial charge is 0.354 e. The Morgan fingerprint density at radius 3 is 2.76 bits per heavy atom. The van der Waals surface area contributed by atoms with Crippen molar-refractivity contribution in [2.24, 2.45) is 0 Å². The van der Waals surface area contributed by atoms with Crippen molar-refractivity contribution in [1.29, 1.82) is 0 Å². The highest BCUT2D eigenvalue weighted by Crippen LogP contribution is 2.31. The van der Waals surface area contributed by atoms with Crippen LogP contribution in [0.1, 0.15) is 11.1 Å². The van der Waals surface area contributed by atoms with Gasteiger partial charge in [-0.15, -0.1) is 11.8 Å². The Morgan fingerprint density at radius 1 is 1.24 bits per heavy atom. The number of aromatic nitrogens is 1. The van der Waals surface area contributed by atoms with Crippen molar-refractivity contribution in [3.05, 3.63) is 70.6 Å². The first-order valence-electron chi connectivity index (χ1n) is 8.77. The lowest BCUT2D eigenvalue weighted by molar-refractivity contribution is -0.123. The van der Waals surface area contributed by atoms with Crippen LogP contribution in [0.5, 0.6) is 0 Å². The number of benzene rings is 1. The van der Waals surface area contributed by atoms with Gasteiger partial charge >= 0.3 is 0 Å². The summed E-state index contributed by atoms with van der Waals surface area (Å²) in [7, 11) is 0. The molecular formula is C20H18FN3O3S2. The summed E-state index contributed by atoms with van der Waals surface area (Å²) >= 11 is 2.29. The molecule has 0 unspecified atom stereocenters. The Bertz CT molecular complexity index is 920. The Kier molecular flexibility index (Phi) is 7.42. The Balaban J connectivity index is 1.43. The Labute approximate surface area is 176 Å². The van der Waals surface area contributed by atoms with E-state index in [4.69, 9.17) is 0 Å². The molecule has 1 aromatic carbocycles. The summed E-state index contributed by atoms with van der Waals surface area (Å²) in [6.45, 7) is 0.290. The van der Waals surface area contributed by atoms with Gasteiger partial charge in [-0.3, -0.25) is 24.3 Å². The van der Waals surface area contributed by atoms with Crippen LogP contribution in [0.3, 0.4) is 0 Å². The number of imide groups is 1. The fraction of sp³-hybridized carbons (Fsp3) is 0.200. The lowest BCUT2D eigenvalue weighted by Crippen LogP contribution is -2.37. The second kappa shape index (κ2) is 10.2. The van der Waals surface area contributed by atoms with Gasteiger partial charge in [-0.2, -0.15) is 0 Å². The molecular weight excluding hydrogens is 413 g/mol. The molecule has 1 aliphatic heterocycles. The maximum absolute atomic E-state index is 13.0. The predicted molar refractivity (Wildman–Crippen MR) is 112 cm³/mol. The molecule has 0 bridgehead atoms. The SMILES string of the molecule is O=C(CSCc1cccnc1)NCCN1C(=O)SC(=Cc2ccc(F)cc2)C1=O. The zero-order valence-corrected chi connectivity index (χ0v) is 17.0. The average Bonchev–Trinajstić information content (AvgIpc) is 2.98. The van der Waals surface area contributed by atoms with Crippen molar-refractivity contribution in [3.8, 4) is 0 Å². The summed E-state index contributed by atoms with van der Waals surface area (Å²) in [5, 5.41) is 2.33. The maximum atomic E-state index is 13.0. The summed E-state index contributed by atoms with van der Waals surface area (Å²) in [5.41, 5.74) is 1.67. The molecule has 1 saturated heterocycles. The van der Waals surface area contributed by atoms with E-state index in [-0.39, 0.29) is 40.7 Å². The van der Waals surface area contributed by atoms with Gasteiger partial charge in [0.25, 0.3) is 11.1 Å². The zero-order valence-electron chi connectivity index (χ0n) is 15.3. The second-order valence-corrected chi connectivity index (χ2v) is 8.07. The van der Waals surface area contributed by atoms with Crippen LogP contribution in [-0.4, -0.2) is 45.8 Å². The number of pyridine rings is 1. The molecule has 6 nitrogen and oxygen atoms in total. The van der Waals surface area contributed by atoms with E-state index in [1.54, 1.807) is 18.5 Å². The minimum absolute atomic E-state index is 0.102. The number of amides is 3. The molecule has 29 heavy (non-hydrogen) atoms. The van der Waals surface area contributed by atoms with Crippen molar-refractivity contribution >= 4 is 46.7 Å². The van der Waals surface area contributed by atoms with Crippen LogP contribution in [0, 0.1) is 5.82 Å². The minimum Gasteiger partial charge on any atom is -0.354 e. The van der Waals surface area contributed by atoms with E-state index in [0.29, 0.717) is 11.3 Å². The minimum atomic E-state index is -0.412. The summed E-state index contributed by atoms with van der Waals surface area (Å²) in [6, 6.07) is 9.43. The first-order valence-corrected chi connectivity index (χ1v) is 10.7. The first kappa shape index (κ1) is 21.1. The first-order chi connectivity index (χ1) is 14.0. The fourth-order valence-electron chi connectivity index (χ4n) is 2.51. The van der Waals surface area contributed by atoms with E-state index in [2.05, 4.69) is 10.3 Å². The van der Waals surface area contributed by atoms with Crippen molar-refractivity contribution in [1.82, 2.24) is 15.2 Å². The van der Waals surface area contributed by atoms with Crippen LogP contribution in [0.15, 0.2) is 53.7 Å². The van der Waals surface area contributed by atoms with Crippen LogP contribution < -0.4 is 5.32 Å². The number of carbonyl (C=O) groups is 3. The predicted octanol–water partition coefficient (Wildman–Crippen LogP) is 3.31. The van der Waals surface area contributed by atoms with Gasteiger partial charge in [0.1, 0.15) is 5.82 Å². The third kappa shape index (κ3) is 6.16. The summed E-state index contributed by atoms with van der Waals surface area (Å²) in [5.74, 6) is 0.0154. The Morgan fingerprint density at radius 2 is 2.03 bits per heavy atom. The number of hydrogen-bond acceptors (Lipinski definition) is 6. The molecule has 3 amide bonds. The highest BCUT2D eigenvalue weighted by atomic mass is 32.2. The summed E-state index contributed by atoms with van der Waals surface area (Å²) < 4.78 is 13.0. The average molecular weight is 432 g/mol. The summed E-state index contributed by atoms with van der Waals surface area (Å²) in [4.78, 5) is 41.8. The van der Waals surface area contributed by atoms with E-state index < -0.39 is 5.91 Å². The van der Waals surface area contributed by atoms with E-state index in [1.165, 1.54) is 36.0 Å². The Hall–Kier alpha value is -2.65. The number of rotatable bonds is 8. The van der Waals surface area contributed by atoms with Crippen molar-refractivity contribution in [3.63, 3.8) is 0 Å². The van der Waals surface area contributed by atoms with Crippen molar-refractivity contribution in [2.45, 2.75) is 5.75 Å². The number of nitrogens with zero attached hydrogens (tertiary/aromatic N) is 2. The van der Waals surface area contributed by atoms with Crippen LogP contribution >= 0.6 is 23.5 Å². The van der Waals surface area contributed by atoms with Gasteiger partial charge in [0, 0.05) is 31.2 Å². The van der Waals surface area contributed by atoms with Gasteiger partial charge in [-0.05, 0) is 47.2 Å². The van der Waals surface area contributed by atoms with Crippen molar-refractivity contribution in [2.75, 3.05) is 18.8 Å². The van der Waals surface area contributed by atoms with Gasteiger partial charge in [0.05, 0.1) is 10.7 Å². The highest BCUT2D eigenvalue weighted by molar-refractivity contribution is 8.18. The number of halogens is 1. The van der Waals surface area contributed by atoms with Gasteiger partial charge in [0.2, 0.25) is 5.91 Å². The van der Waals surface area contributed by atoms with Gasteiger partial charge in [0.15, 0.2) is 0 Å². The maximum Gasteiger partial charge on any atom is 0.293 e. The quantitative estimate of drug-likeness (QED) is 0.646. The lowest BCUT2D eigenvalue weighted by Gasteiger charge is -2.13. The van der Waals surface area contributed by atoms with Crippen LogP contribution in [-0.2, 0) is 15.3 Å². The van der Waals surface area contributed by atoms with E-state index in [1.807, 2.05) is 12.1 Å². The number of thioether (sulfide) groups is 2. The molecule has 0 saturated carbocycles. The van der Waals surface area contributed by atoms with Gasteiger partial charge < -0.3 is 5.32 Å². The normalized spacial score (nSPS) is 15.2. The topological polar surface area (TPSA) is 79.4 Å². The lowest BCUT2D eigenvalue weighted by atomic mass is 10.2. The molecule has 150 valence electrons. The third-order valence-electron chi connectivity index (χ3n) is 3.92. The van der Waals surface area contributed by atoms with Gasteiger partial charge in [-0.1, -0.05) is 18.2 Å². The number of hydrogen-bond donors (Lipinski definition) is 1. The monoisotopic (exact) mass is 431 g/mol. The molecule has 1 fully saturated rings. The fourth-order valence-corrected chi connectivity index (χ4v) is 4.17. The molecule has 9 heteroatoms. The molecule has 0 spiro atoms. The van der Waals surface area contributed by atoms with E-state index >= 15 is 0 Å². The second-order valence-electron chi connectivity index (χ2n) is 6.09. The highest BCUT2D eigenvalue weighted by Gasteiger charge is 2.34. The zero-order chi connectivity index (χ0) is 20.6. The van der Waals surface area contributed by atoms with E-state index in [0.717, 1.165) is 22.2 Å². The number of nitrogens with one attached hydrogen (secondary N) is 1. The standard InChI is InChI=1S/C20H18FN3O3S2/c21-16-5-3-14(4-6-16)10-17-19(26)24(20(27)29-17)9-8-23-18(25)13-28-12-15-2-1-7-22-11-15/h1-7,10-11H,8-9,12-13H2,(H,23,25). The molecule has 0 atom stereocenters. The molecule has 0 aliphatic carbocycles. The van der Waals surface area contributed by atoms with E-state index in [9.17, 15) is 18.8 Å².